The number of hydrogen-bond acceptors (Lipinski definition) is 4. The van der Waals surface area contributed by atoms with E-state index in [2.05, 4.69) is 5.32 Å². The number of carbonyl (C=O) groups excluding carboxylic acids is 1. The number of para-hydroxylation sites is 1. The van der Waals surface area contributed by atoms with Gasteiger partial charge in [-0.05, 0) is 12.1 Å². The molecule has 5 heteroatoms. The number of primary amides is 1. The number of benzene rings is 1. The Labute approximate surface area is 98.5 Å². The Morgan fingerprint density at radius 2 is 2.25 bits per heavy atom. The second-order valence-corrected chi connectivity index (χ2v) is 4.65. The molecular formula is C11H14N2O2S. The normalized spacial score (nSPS) is 15.5. The quantitative estimate of drug-likeness (QED) is 0.753. The van der Waals surface area contributed by atoms with Gasteiger partial charge in [-0.15, -0.1) is 11.8 Å². The molecule has 0 aliphatic carbocycles. The highest BCUT2D eigenvalue weighted by atomic mass is 32.2. The van der Waals surface area contributed by atoms with Gasteiger partial charge >= 0.3 is 0 Å². The molecule has 1 fully saturated rings. The van der Waals surface area contributed by atoms with Gasteiger partial charge in [-0.1, -0.05) is 12.1 Å². The number of carbonyl (C=O) groups is 1. The number of thioether (sulfide) groups is 1. The van der Waals surface area contributed by atoms with Crippen molar-refractivity contribution in [3.63, 3.8) is 0 Å². The molecule has 0 atom stereocenters. The van der Waals surface area contributed by atoms with E-state index in [4.69, 9.17) is 10.5 Å². The molecule has 2 rings (SSSR count). The van der Waals surface area contributed by atoms with Crippen molar-refractivity contribution in [1.82, 2.24) is 0 Å². The maximum absolute atomic E-state index is 10.7. The molecule has 0 aromatic heterocycles. The Hall–Kier alpha value is -1.20. The van der Waals surface area contributed by atoms with Crippen LogP contribution in [0.3, 0.4) is 0 Å². The minimum atomic E-state index is -0.299. The number of nitrogens with two attached hydrogens (primary N) is 1. The highest BCUT2D eigenvalue weighted by Gasteiger charge is 2.18. The summed E-state index contributed by atoms with van der Waals surface area (Å²) < 4.78 is 5.10. The highest BCUT2D eigenvalue weighted by Crippen LogP contribution is 2.27. The van der Waals surface area contributed by atoms with Crippen molar-refractivity contribution >= 4 is 23.4 Å². The molecular weight excluding hydrogens is 224 g/mol. The maximum atomic E-state index is 10.7. The Balaban J connectivity index is 2.00. The van der Waals surface area contributed by atoms with E-state index in [1.807, 2.05) is 24.3 Å². The van der Waals surface area contributed by atoms with Crippen LogP contribution in [0.2, 0.25) is 0 Å². The largest absolute Gasteiger partial charge is 0.377 e. The first-order valence-corrected chi connectivity index (χ1v) is 6.08. The number of anilines is 1. The zero-order valence-corrected chi connectivity index (χ0v) is 9.63. The molecule has 1 aliphatic rings. The van der Waals surface area contributed by atoms with Crippen LogP contribution in [-0.2, 0) is 9.53 Å². The zero-order chi connectivity index (χ0) is 11.4. The molecule has 0 radical (unpaired) electrons. The molecule has 16 heavy (non-hydrogen) atoms. The van der Waals surface area contributed by atoms with Gasteiger partial charge in [0, 0.05) is 10.6 Å². The summed E-state index contributed by atoms with van der Waals surface area (Å²) in [6.45, 7) is 1.49. The summed E-state index contributed by atoms with van der Waals surface area (Å²) in [6, 6.07) is 8.29. The van der Waals surface area contributed by atoms with E-state index in [1.165, 1.54) is 11.8 Å². The van der Waals surface area contributed by atoms with E-state index in [0.29, 0.717) is 11.8 Å². The number of nitrogens with one attached hydrogen (secondary N) is 1. The van der Waals surface area contributed by atoms with Gasteiger partial charge in [0.1, 0.15) is 0 Å². The lowest BCUT2D eigenvalue weighted by Gasteiger charge is -2.28. The molecule has 3 N–H and O–H groups in total. The van der Waals surface area contributed by atoms with Gasteiger partial charge in [0.05, 0.1) is 25.0 Å². The maximum Gasteiger partial charge on any atom is 0.227 e. The number of amides is 1. The van der Waals surface area contributed by atoms with Crippen LogP contribution in [0.15, 0.2) is 29.2 Å². The summed E-state index contributed by atoms with van der Waals surface area (Å²) in [5.41, 5.74) is 6.17. The Morgan fingerprint density at radius 3 is 2.88 bits per heavy atom. The topological polar surface area (TPSA) is 64.4 Å². The van der Waals surface area contributed by atoms with E-state index in [0.717, 1.165) is 23.8 Å². The van der Waals surface area contributed by atoms with E-state index < -0.39 is 0 Å². The van der Waals surface area contributed by atoms with E-state index in [9.17, 15) is 4.79 Å². The summed E-state index contributed by atoms with van der Waals surface area (Å²) in [6.07, 6.45) is 0. The molecule has 1 aromatic carbocycles. The van der Waals surface area contributed by atoms with Crippen LogP contribution >= 0.6 is 11.8 Å². The fourth-order valence-corrected chi connectivity index (χ4v) is 2.15. The minimum absolute atomic E-state index is 0.299. The summed E-state index contributed by atoms with van der Waals surface area (Å²) in [5, 5.41) is 3.37. The predicted molar refractivity (Wildman–Crippen MR) is 64.6 cm³/mol. The van der Waals surface area contributed by atoms with Crippen LogP contribution in [0.4, 0.5) is 5.69 Å². The third kappa shape index (κ3) is 2.90. The Kier molecular flexibility index (Phi) is 3.69. The van der Waals surface area contributed by atoms with Crippen molar-refractivity contribution in [3.05, 3.63) is 24.3 Å². The highest BCUT2D eigenvalue weighted by molar-refractivity contribution is 8.00. The minimum Gasteiger partial charge on any atom is -0.377 e. The molecule has 1 aromatic rings. The van der Waals surface area contributed by atoms with E-state index in [1.54, 1.807) is 0 Å². The lowest BCUT2D eigenvalue weighted by Crippen LogP contribution is -2.40. The average molecular weight is 238 g/mol. The van der Waals surface area contributed by atoms with E-state index >= 15 is 0 Å². The third-order valence-electron chi connectivity index (χ3n) is 2.25. The Bertz CT molecular complexity index is 380. The van der Waals surface area contributed by atoms with Crippen LogP contribution in [0.5, 0.6) is 0 Å². The smallest absolute Gasteiger partial charge is 0.227 e. The van der Waals surface area contributed by atoms with Crippen molar-refractivity contribution in [2.24, 2.45) is 5.73 Å². The fraction of sp³-hybridized carbons (Fsp3) is 0.364. The summed E-state index contributed by atoms with van der Waals surface area (Å²) in [7, 11) is 0. The van der Waals surface area contributed by atoms with Gasteiger partial charge in [0.15, 0.2) is 0 Å². The molecule has 1 saturated heterocycles. The van der Waals surface area contributed by atoms with Crippen molar-refractivity contribution in [2.45, 2.75) is 10.9 Å². The van der Waals surface area contributed by atoms with Crippen molar-refractivity contribution in [2.75, 3.05) is 24.3 Å². The van der Waals surface area contributed by atoms with Gasteiger partial charge in [-0.25, -0.2) is 0 Å². The first-order chi connectivity index (χ1) is 7.75. The van der Waals surface area contributed by atoms with Gasteiger partial charge < -0.3 is 15.8 Å². The molecule has 86 valence electrons. The van der Waals surface area contributed by atoms with Crippen molar-refractivity contribution < 1.29 is 9.53 Å². The second kappa shape index (κ2) is 5.23. The Morgan fingerprint density at radius 1 is 1.50 bits per heavy atom. The van der Waals surface area contributed by atoms with Gasteiger partial charge in [0.25, 0.3) is 0 Å². The van der Waals surface area contributed by atoms with Gasteiger partial charge in [-0.3, -0.25) is 4.79 Å². The first-order valence-electron chi connectivity index (χ1n) is 5.10. The van der Waals surface area contributed by atoms with Crippen molar-refractivity contribution in [3.8, 4) is 0 Å². The number of ether oxygens (including phenoxy) is 1. The lowest BCUT2D eigenvalue weighted by atomic mass is 10.2. The van der Waals surface area contributed by atoms with Crippen molar-refractivity contribution in [1.29, 1.82) is 0 Å². The molecule has 0 saturated carbocycles. The van der Waals surface area contributed by atoms with Crippen LogP contribution in [0.1, 0.15) is 0 Å². The van der Waals surface area contributed by atoms with E-state index in [-0.39, 0.29) is 5.91 Å². The molecule has 1 aliphatic heterocycles. The number of rotatable bonds is 5. The predicted octanol–water partition coefficient (Wildman–Crippen LogP) is 1.07. The van der Waals surface area contributed by atoms with Crippen LogP contribution in [0.25, 0.3) is 0 Å². The molecule has 0 bridgehead atoms. The van der Waals surface area contributed by atoms with Crippen LogP contribution in [-0.4, -0.2) is 30.9 Å². The van der Waals surface area contributed by atoms with Gasteiger partial charge in [0.2, 0.25) is 5.91 Å². The summed E-state index contributed by atoms with van der Waals surface area (Å²) in [4.78, 5) is 11.8. The summed E-state index contributed by atoms with van der Waals surface area (Å²) >= 11 is 1.45. The molecule has 1 amide bonds. The molecule has 0 spiro atoms. The standard InChI is InChI=1S/C11H14N2O2S/c12-11(14)7-16-10-4-2-1-3-9(10)13-8-5-15-6-8/h1-4,8,13H,5-7H2,(H2,12,14). The molecule has 1 heterocycles. The van der Waals surface area contributed by atoms with Gasteiger partial charge in [-0.2, -0.15) is 0 Å². The lowest BCUT2D eigenvalue weighted by molar-refractivity contribution is -0.115. The van der Waals surface area contributed by atoms with Crippen LogP contribution in [0, 0.1) is 0 Å². The summed E-state index contributed by atoms with van der Waals surface area (Å²) in [5.74, 6) is 0.00614. The molecule has 4 nitrogen and oxygen atoms in total. The number of hydrogen-bond donors (Lipinski definition) is 2. The van der Waals surface area contributed by atoms with Crippen LogP contribution < -0.4 is 11.1 Å². The SMILES string of the molecule is NC(=O)CSc1ccccc1NC1COC1. The monoisotopic (exact) mass is 238 g/mol. The molecule has 0 unspecified atom stereocenters. The zero-order valence-electron chi connectivity index (χ0n) is 8.81. The average Bonchev–Trinajstić information content (AvgIpc) is 2.22. The third-order valence-corrected chi connectivity index (χ3v) is 3.35. The fourth-order valence-electron chi connectivity index (χ4n) is 1.40. The second-order valence-electron chi connectivity index (χ2n) is 3.63. The first kappa shape index (κ1) is 11.3.